The molecule has 1 aromatic carbocycles. The quantitative estimate of drug-likeness (QED) is 0.619. The summed E-state index contributed by atoms with van der Waals surface area (Å²) in [6.45, 7) is 0.0153. The Morgan fingerprint density at radius 2 is 1.95 bits per heavy atom. The van der Waals surface area contributed by atoms with Crippen molar-refractivity contribution in [3.63, 3.8) is 0 Å². The van der Waals surface area contributed by atoms with Gasteiger partial charge in [-0.2, -0.15) is 0 Å². The lowest BCUT2D eigenvalue weighted by Gasteiger charge is -2.17. The highest BCUT2D eigenvalue weighted by Gasteiger charge is 2.14. The predicted molar refractivity (Wildman–Crippen MR) is 73.0 cm³/mol. The topological polar surface area (TPSA) is 69.6 Å². The van der Waals surface area contributed by atoms with Crippen molar-refractivity contribution in [2.45, 2.75) is 6.42 Å². The van der Waals surface area contributed by atoms with Crippen molar-refractivity contribution in [3.8, 4) is 0 Å². The summed E-state index contributed by atoms with van der Waals surface area (Å²) in [7, 11) is 1.41. The van der Waals surface area contributed by atoms with E-state index >= 15 is 0 Å². The molecule has 0 unspecified atom stereocenters. The van der Waals surface area contributed by atoms with Crippen LogP contribution in [0.2, 0.25) is 0 Å². The normalized spacial score (nSPS) is 10.1. The van der Waals surface area contributed by atoms with Gasteiger partial charge in [-0.15, -0.1) is 0 Å². The maximum absolute atomic E-state index is 13.0. The maximum Gasteiger partial charge on any atom is 0.321 e. The minimum absolute atomic E-state index is 0.0153. The van der Waals surface area contributed by atoms with Gasteiger partial charge < -0.3 is 15.3 Å². The van der Waals surface area contributed by atoms with E-state index in [4.69, 9.17) is 5.11 Å². The lowest BCUT2D eigenvalue weighted by atomic mass is 10.3. The van der Waals surface area contributed by atoms with Gasteiger partial charge in [0.05, 0.1) is 12.1 Å². The van der Waals surface area contributed by atoms with Crippen LogP contribution in [0.4, 0.5) is 19.3 Å². The number of carbonyl (C=O) groups is 2. The van der Waals surface area contributed by atoms with E-state index in [9.17, 15) is 18.4 Å². The average Bonchev–Trinajstić information content (AvgIpc) is 2.32. The van der Waals surface area contributed by atoms with Gasteiger partial charge in [-0.3, -0.25) is 4.79 Å². The number of urea groups is 1. The van der Waals surface area contributed by atoms with Crippen LogP contribution in [0, 0.1) is 15.2 Å². The van der Waals surface area contributed by atoms with E-state index in [-0.39, 0.29) is 18.7 Å². The molecule has 104 valence electrons. The molecule has 0 aliphatic rings. The molecule has 0 fully saturated rings. The molecule has 0 radical (unpaired) electrons. The second-order valence-electron chi connectivity index (χ2n) is 3.74. The maximum atomic E-state index is 13.0. The first kappa shape index (κ1) is 15.6. The second kappa shape index (κ2) is 6.64. The van der Waals surface area contributed by atoms with Crippen LogP contribution in [0.1, 0.15) is 6.42 Å². The van der Waals surface area contributed by atoms with Crippen LogP contribution in [0.3, 0.4) is 0 Å². The molecule has 19 heavy (non-hydrogen) atoms. The third-order valence-corrected chi connectivity index (χ3v) is 3.15. The lowest BCUT2D eigenvalue weighted by molar-refractivity contribution is -0.137. The van der Waals surface area contributed by atoms with Crippen LogP contribution in [-0.4, -0.2) is 35.6 Å². The van der Waals surface area contributed by atoms with Crippen molar-refractivity contribution >= 4 is 40.3 Å². The molecule has 8 heteroatoms. The van der Waals surface area contributed by atoms with Gasteiger partial charge in [0.15, 0.2) is 11.6 Å². The molecule has 0 saturated heterocycles. The summed E-state index contributed by atoms with van der Waals surface area (Å²) in [5, 5.41) is 10.9. The molecule has 0 aliphatic carbocycles. The number of rotatable bonds is 4. The minimum Gasteiger partial charge on any atom is -0.481 e. The molecule has 1 rings (SSSR count). The van der Waals surface area contributed by atoms with Crippen LogP contribution in [-0.2, 0) is 4.79 Å². The first-order chi connectivity index (χ1) is 8.81. The molecule has 0 atom stereocenters. The molecule has 0 saturated carbocycles. The number of amides is 2. The van der Waals surface area contributed by atoms with E-state index in [1.165, 1.54) is 7.05 Å². The third-order valence-electron chi connectivity index (χ3n) is 2.26. The molecule has 2 amide bonds. The van der Waals surface area contributed by atoms with Crippen LogP contribution in [0.25, 0.3) is 0 Å². The standard InChI is InChI=1S/C11H11F2IN2O3/c1-16(3-2-10(17)18)11(19)15-9-5-7(13)6(12)4-8(9)14/h4-5H,2-3H2,1H3,(H,15,19)(H,17,18). The summed E-state index contributed by atoms with van der Waals surface area (Å²) in [4.78, 5) is 23.2. The van der Waals surface area contributed by atoms with Crippen molar-refractivity contribution in [1.82, 2.24) is 4.90 Å². The average molecular weight is 384 g/mol. The molecule has 2 N–H and O–H groups in total. The lowest BCUT2D eigenvalue weighted by Crippen LogP contribution is -2.33. The van der Waals surface area contributed by atoms with Crippen molar-refractivity contribution in [2.75, 3.05) is 18.9 Å². The molecular weight excluding hydrogens is 373 g/mol. The van der Waals surface area contributed by atoms with Crippen LogP contribution < -0.4 is 5.32 Å². The fourth-order valence-electron chi connectivity index (χ4n) is 1.19. The first-order valence-corrected chi connectivity index (χ1v) is 6.27. The zero-order valence-electron chi connectivity index (χ0n) is 9.91. The third kappa shape index (κ3) is 4.62. The van der Waals surface area contributed by atoms with Gasteiger partial charge in [-0.25, -0.2) is 13.6 Å². The zero-order chi connectivity index (χ0) is 14.6. The van der Waals surface area contributed by atoms with E-state index < -0.39 is 23.6 Å². The van der Waals surface area contributed by atoms with Crippen LogP contribution in [0.5, 0.6) is 0 Å². The number of nitrogens with one attached hydrogen (secondary N) is 1. The summed E-state index contributed by atoms with van der Waals surface area (Å²) in [6.07, 6.45) is -0.196. The van der Waals surface area contributed by atoms with Gasteiger partial charge in [-0.05, 0) is 28.7 Å². The number of halogens is 3. The number of anilines is 1. The summed E-state index contributed by atoms with van der Waals surface area (Å²) >= 11 is 1.76. The number of carboxylic acids is 1. The van der Waals surface area contributed by atoms with Crippen LogP contribution >= 0.6 is 22.6 Å². The highest BCUT2D eigenvalue weighted by molar-refractivity contribution is 14.1. The van der Waals surface area contributed by atoms with E-state index in [1.807, 2.05) is 0 Å². The van der Waals surface area contributed by atoms with E-state index in [2.05, 4.69) is 5.32 Å². The molecule has 5 nitrogen and oxygen atoms in total. The highest BCUT2D eigenvalue weighted by Crippen LogP contribution is 2.22. The van der Waals surface area contributed by atoms with Crippen LogP contribution in [0.15, 0.2) is 12.1 Å². The molecule has 0 spiro atoms. The Hall–Kier alpha value is -1.45. The number of nitrogens with zero attached hydrogens (tertiary/aromatic N) is 1. The monoisotopic (exact) mass is 384 g/mol. The Labute approximate surface area is 121 Å². The van der Waals surface area contributed by atoms with Crippen molar-refractivity contribution in [2.24, 2.45) is 0 Å². The van der Waals surface area contributed by atoms with Gasteiger partial charge in [-0.1, -0.05) is 0 Å². The van der Waals surface area contributed by atoms with Crippen molar-refractivity contribution < 1.29 is 23.5 Å². The van der Waals surface area contributed by atoms with E-state index in [1.54, 1.807) is 22.6 Å². The smallest absolute Gasteiger partial charge is 0.321 e. The Morgan fingerprint density at radius 3 is 2.53 bits per heavy atom. The molecule has 0 bridgehead atoms. The fourth-order valence-corrected chi connectivity index (χ4v) is 1.76. The Kier molecular flexibility index (Phi) is 5.45. The number of aliphatic carboxylic acids is 1. The Balaban J connectivity index is 2.71. The number of carbonyl (C=O) groups excluding carboxylic acids is 1. The molecular formula is C11H11F2IN2O3. The van der Waals surface area contributed by atoms with E-state index in [0.29, 0.717) is 3.57 Å². The molecule has 0 aromatic heterocycles. The summed E-state index contributed by atoms with van der Waals surface area (Å²) in [6, 6.07) is 1.24. The first-order valence-electron chi connectivity index (χ1n) is 5.19. The summed E-state index contributed by atoms with van der Waals surface area (Å²) in [5.41, 5.74) is 0.131. The Morgan fingerprint density at radius 1 is 1.37 bits per heavy atom. The SMILES string of the molecule is CN(CCC(=O)O)C(=O)Nc1cc(F)c(F)cc1I. The molecule has 1 aromatic rings. The number of hydrogen-bond donors (Lipinski definition) is 2. The fraction of sp³-hybridized carbons (Fsp3) is 0.273. The van der Waals surface area contributed by atoms with Gasteiger partial charge >= 0.3 is 12.0 Å². The molecule has 0 heterocycles. The number of carboxylic acid groups (broad SMARTS) is 1. The van der Waals surface area contributed by atoms with Gasteiger partial charge in [0.1, 0.15) is 0 Å². The van der Waals surface area contributed by atoms with Gasteiger partial charge in [0.25, 0.3) is 0 Å². The zero-order valence-corrected chi connectivity index (χ0v) is 12.1. The Bertz CT molecular complexity index is 511. The second-order valence-corrected chi connectivity index (χ2v) is 4.90. The van der Waals surface area contributed by atoms with Gasteiger partial charge in [0, 0.05) is 23.2 Å². The predicted octanol–water partition coefficient (Wildman–Crippen LogP) is 2.51. The molecule has 0 aliphatic heterocycles. The summed E-state index contributed by atoms with van der Waals surface area (Å²) in [5.74, 6) is -3.09. The van der Waals surface area contributed by atoms with Gasteiger partial charge in [0.2, 0.25) is 0 Å². The van der Waals surface area contributed by atoms with E-state index in [0.717, 1.165) is 17.0 Å². The highest BCUT2D eigenvalue weighted by atomic mass is 127. The van der Waals surface area contributed by atoms with Crippen molar-refractivity contribution in [3.05, 3.63) is 27.3 Å². The largest absolute Gasteiger partial charge is 0.481 e. The van der Waals surface area contributed by atoms with Crippen molar-refractivity contribution in [1.29, 1.82) is 0 Å². The number of hydrogen-bond acceptors (Lipinski definition) is 2. The summed E-state index contributed by atoms with van der Waals surface area (Å²) < 4.78 is 26.3. The minimum atomic E-state index is -1.07. The number of benzene rings is 1.